The van der Waals surface area contributed by atoms with Crippen molar-refractivity contribution in [2.75, 3.05) is 11.3 Å². The number of ether oxygens (including phenoxy) is 1. The summed E-state index contributed by atoms with van der Waals surface area (Å²) in [4.78, 5) is 3.90. The highest BCUT2D eigenvalue weighted by atomic mass is 32.2. The summed E-state index contributed by atoms with van der Waals surface area (Å²) in [5, 5.41) is 9.32. The monoisotopic (exact) mass is 308 g/mol. The van der Waals surface area contributed by atoms with Crippen molar-refractivity contribution in [3.05, 3.63) is 48.3 Å². The van der Waals surface area contributed by atoms with Crippen LogP contribution in [0.1, 0.15) is 12.5 Å². The van der Waals surface area contributed by atoms with Crippen LogP contribution in [0.4, 0.5) is 5.69 Å². The van der Waals surface area contributed by atoms with Crippen molar-refractivity contribution in [2.24, 2.45) is 0 Å². The Morgan fingerprint density at radius 3 is 2.76 bits per heavy atom. The number of pyridine rings is 1. The van der Waals surface area contributed by atoms with Gasteiger partial charge < -0.3 is 9.84 Å². The molecule has 0 amide bonds. The molecule has 6 nitrogen and oxygen atoms in total. The minimum Gasteiger partial charge on any atom is -0.494 e. The van der Waals surface area contributed by atoms with E-state index in [0.717, 1.165) is 0 Å². The number of hydrogen-bond acceptors (Lipinski definition) is 5. The second kappa shape index (κ2) is 6.55. The maximum Gasteiger partial charge on any atom is 0.261 e. The molecular weight excluding hydrogens is 292 g/mol. The van der Waals surface area contributed by atoms with E-state index in [1.807, 2.05) is 6.92 Å². The zero-order valence-electron chi connectivity index (χ0n) is 11.5. The zero-order chi connectivity index (χ0) is 15.3. The van der Waals surface area contributed by atoms with Gasteiger partial charge in [-0.25, -0.2) is 8.42 Å². The lowest BCUT2D eigenvalue weighted by molar-refractivity contribution is 0.266. The summed E-state index contributed by atoms with van der Waals surface area (Å²) in [6.45, 7) is 1.95. The van der Waals surface area contributed by atoms with E-state index in [4.69, 9.17) is 4.74 Å². The molecule has 21 heavy (non-hydrogen) atoms. The third-order valence-electron chi connectivity index (χ3n) is 2.73. The second-order valence-corrected chi connectivity index (χ2v) is 5.89. The molecule has 0 spiro atoms. The van der Waals surface area contributed by atoms with Crippen LogP contribution in [-0.2, 0) is 16.6 Å². The summed E-state index contributed by atoms with van der Waals surface area (Å²) in [6, 6.07) is 7.60. The van der Waals surface area contributed by atoms with E-state index in [-0.39, 0.29) is 11.5 Å². The summed E-state index contributed by atoms with van der Waals surface area (Å²) in [7, 11) is -3.73. The number of sulfonamides is 1. The predicted molar refractivity (Wildman–Crippen MR) is 78.6 cm³/mol. The third kappa shape index (κ3) is 3.71. The van der Waals surface area contributed by atoms with E-state index in [2.05, 4.69) is 9.71 Å². The van der Waals surface area contributed by atoms with Gasteiger partial charge in [0.25, 0.3) is 10.0 Å². The van der Waals surface area contributed by atoms with Crippen LogP contribution in [0.15, 0.2) is 47.6 Å². The van der Waals surface area contributed by atoms with E-state index in [0.29, 0.717) is 23.6 Å². The molecule has 2 rings (SSSR count). The first-order chi connectivity index (χ1) is 10.1. The van der Waals surface area contributed by atoms with Crippen LogP contribution >= 0.6 is 0 Å². The Balaban J connectivity index is 2.32. The van der Waals surface area contributed by atoms with Crippen molar-refractivity contribution < 1.29 is 18.3 Å². The first-order valence-corrected chi connectivity index (χ1v) is 7.84. The molecule has 2 aromatic rings. The first kappa shape index (κ1) is 15.3. The van der Waals surface area contributed by atoms with Crippen LogP contribution in [0, 0.1) is 0 Å². The number of nitrogens with one attached hydrogen (secondary N) is 1. The highest BCUT2D eigenvalue weighted by molar-refractivity contribution is 7.92. The van der Waals surface area contributed by atoms with Gasteiger partial charge in [-0.05, 0) is 37.3 Å². The first-order valence-electron chi connectivity index (χ1n) is 6.36. The fraction of sp³-hybridized carbons (Fsp3) is 0.214. The number of rotatable bonds is 6. The lowest BCUT2D eigenvalue weighted by atomic mass is 10.2. The third-order valence-corrected chi connectivity index (χ3v) is 4.11. The van der Waals surface area contributed by atoms with Gasteiger partial charge in [-0.2, -0.15) is 0 Å². The Labute approximate surface area is 123 Å². The van der Waals surface area contributed by atoms with Crippen LogP contribution in [0.2, 0.25) is 0 Å². The molecule has 0 atom stereocenters. The molecule has 1 aromatic heterocycles. The smallest absolute Gasteiger partial charge is 0.261 e. The van der Waals surface area contributed by atoms with Crippen molar-refractivity contribution in [1.82, 2.24) is 4.98 Å². The highest BCUT2D eigenvalue weighted by Crippen LogP contribution is 2.24. The molecule has 0 bridgehead atoms. The Bertz CT molecular complexity index is 702. The van der Waals surface area contributed by atoms with E-state index in [1.54, 1.807) is 18.3 Å². The number of aromatic nitrogens is 1. The Morgan fingerprint density at radius 2 is 2.14 bits per heavy atom. The molecule has 1 heterocycles. The van der Waals surface area contributed by atoms with Crippen LogP contribution in [0.3, 0.4) is 0 Å². The molecular formula is C14H16N2O4S. The molecule has 0 saturated heterocycles. The number of aliphatic hydroxyl groups excluding tert-OH is 1. The fourth-order valence-corrected chi connectivity index (χ4v) is 2.87. The van der Waals surface area contributed by atoms with E-state index in [1.165, 1.54) is 24.4 Å². The SMILES string of the molecule is CCOc1ccc(S(=O)(=O)Nc2cccnc2)cc1CO. The van der Waals surface area contributed by atoms with Crippen LogP contribution in [0.25, 0.3) is 0 Å². The minimum absolute atomic E-state index is 0.0545. The average Bonchev–Trinajstić information content (AvgIpc) is 2.48. The molecule has 0 fully saturated rings. The number of nitrogens with zero attached hydrogens (tertiary/aromatic N) is 1. The summed E-state index contributed by atoms with van der Waals surface area (Å²) < 4.78 is 32.3. The Hall–Kier alpha value is -2.12. The molecule has 1 aromatic carbocycles. The van der Waals surface area contributed by atoms with Crippen LogP contribution in [0.5, 0.6) is 5.75 Å². The van der Waals surface area contributed by atoms with Gasteiger partial charge in [-0.3, -0.25) is 9.71 Å². The van der Waals surface area contributed by atoms with Crippen molar-refractivity contribution >= 4 is 15.7 Å². The molecule has 0 unspecified atom stereocenters. The maximum atomic E-state index is 12.3. The lowest BCUT2D eigenvalue weighted by Crippen LogP contribution is -2.13. The van der Waals surface area contributed by atoms with Crippen LogP contribution < -0.4 is 9.46 Å². The second-order valence-electron chi connectivity index (χ2n) is 4.21. The molecule has 0 aliphatic rings. The van der Waals surface area contributed by atoms with E-state index < -0.39 is 10.0 Å². The number of hydrogen-bond donors (Lipinski definition) is 2. The summed E-state index contributed by atoms with van der Waals surface area (Å²) in [5.74, 6) is 0.473. The van der Waals surface area contributed by atoms with Crippen molar-refractivity contribution in [3.63, 3.8) is 0 Å². The quantitative estimate of drug-likeness (QED) is 0.849. The Morgan fingerprint density at radius 1 is 1.33 bits per heavy atom. The topological polar surface area (TPSA) is 88.5 Å². The Kier molecular flexibility index (Phi) is 4.77. The summed E-state index contributed by atoms with van der Waals surface area (Å²) in [5.41, 5.74) is 0.794. The number of aliphatic hydroxyl groups is 1. The van der Waals surface area contributed by atoms with Gasteiger partial charge in [0.1, 0.15) is 5.75 Å². The standard InChI is InChI=1S/C14H16N2O4S/c1-2-20-14-6-5-13(8-11(14)10-17)21(18,19)16-12-4-3-7-15-9-12/h3-9,16-17H,2,10H2,1H3. The van der Waals surface area contributed by atoms with E-state index in [9.17, 15) is 13.5 Å². The number of anilines is 1. The summed E-state index contributed by atoms with van der Waals surface area (Å²) in [6.07, 6.45) is 2.97. The minimum atomic E-state index is -3.73. The van der Waals surface area contributed by atoms with Gasteiger partial charge >= 0.3 is 0 Å². The van der Waals surface area contributed by atoms with Crippen molar-refractivity contribution in [1.29, 1.82) is 0 Å². The van der Waals surface area contributed by atoms with Gasteiger partial charge in [-0.15, -0.1) is 0 Å². The van der Waals surface area contributed by atoms with Gasteiger partial charge in [0.2, 0.25) is 0 Å². The largest absolute Gasteiger partial charge is 0.494 e. The lowest BCUT2D eigenvalue weighted by Gasteiger charge is -2.12. The average molecular weight is 308 g/mol. The predicted octanol–water partition coefficient (Wildman–Crippen LogP) is 1.77. The fourth-order valence-electron chi connectivity index (χ4n) is 1.78. The summed E-state index contributed by atoms with van der Waals surface area (Å²) >= 11 is 0. The van der Waals surface area contributed by atoms with E-state index >= 15 is 0 Å². The zero-order valence-corrected chi connectivity index (χ0v) is 12.3. The molecule has 0 aliphatic carbocycles. The maximum absolute atomic E-state index is 12.3. The molecule has 0 saturated carbocycles. The van der Waals surface area contributed by atoms with Crippen LogP contribution in [-0.4, -0.2) is 25.1 Å². The van der Waals surface area contributed by atoms with Crippen molar-refractivity contribution in [2.45, 2.75) is 18.4 Å². The van der Waals surface area contributed by atoms with Crippen molar-refractivity contribution in [3.8, 4) is 5.75 Å². The van der Waals surface area contributed by atoms with Gasteiger partial charge in [0, 0.05) is 11.8 Å². The number of benzene rings is 1. The molecule has 112 valence electrons. The van der Waals surface area contributed by atoms with Gasteiger partial charge in [0.15, 0.2) is 0 Å². The normalized spacial score (nSPS) is 11.1. The molecule has 2 N–H and O–H groups in total. The highest BCUT2D eigenvalue weighted by Gasteiger charge is 2.16. The molecule has 0 aliphatic heterocycles. The molecule has 7 heteroatoms. The molecule has 0 radical (unpaired) electrons. The van der Waals surface area contributed by atoms with Gasteiger partial charge in [0.05, 0.1) is 30.0 Å². The van der Waals surface area contributed by atoms with Gasteiger partial charge in [-0.1, -0.05) is 0 Å².